The highest BCUT2D eigenvalue weighted by atomic mass is 19.1. The summed E-state index contributed by atoms with van der Waals surface area (Å²) in [5, 5.41) is 7.51. The van der Waals surface area contributed by atoms with Gasteiger partial charge in [-0.05, 0) is 43.0 Å². The van der Waals surface area contributed by atoms with Gasteiger partial charge in [0.15, 0.2) is 0 Å². The average Bonchev–Trinajstić information content (AvgIpc) is 2.64. The lowest BCUT2D eigenvalue weighted by Crippen LogP contribution is -2.52. The SMILES string of the molecule is CO[C@H]1CCCN(C(=O)c2ccnnc2)[C@H]1Cc1ccc(F)cc1. The van der Waals surface area contributed by atoms with Gasteiger partial charge in [-0.2, -0.15) is 10.2 Å². The summed E-state index contributed by atoms with van der Waals surface area (Å²) in [6.45, 7) is 0.673. The Morgan fingerprint density at radius 2 is 2.08 bits per heavy atom. The Kier molecular flexibility index (Phi) is 5.15. The van der Waals surface area contributed by atoms with Gasteiger partial charge in [-0.25, -0.2) is 4.39 Å². The molecule has 1 fully saturated rings. The summed E-state index contributed by atoms with van der Waals surface area (Å²) in [6.07, 6.45) is 5.38. The molecular weight excluding hydrogens is 309 g/mol. The van der Waals surface area contributed by atoms with Crippen molar-refractivity contribution in [3.63, 3.8) is 0 Å². The quantitative estimate of drug-likeness (QED) is 0.865. The summed E-state index contributed by atoms with van der Waals surface area (Å²) < 4.78 is 18.8. The minimum Gasteiger partial charge on any atom is -0.379 e. The number of halogens is 1. The molecule has 1 amide bonds. The van der Waals surface area contributed by atoms with Crippen molar-refractivity contribution in [3.8, 4) is 0 Å². The fourth-order valence-corrected chi connectivity index (χ4v) is 3.24. The Labute approximate surface area is 140 Å². The smallest absolute Gasteiger partial charge is 0.255 e. The molecule has 1 aliphatic rings. The van der Waals surface area contributed by atoms with E-state index in [2.05, 4.69) is 10.2 Å². The molecule has 24 heavy (non-hydrogen) atoms. The number of methoxy groups -OCH3 is 1. The normalized spacial score (nSPS) is 20.8. The molecule has 0 saturated carbocycles. The van der Waals surface area contributed by atoms with E-state index in [-0.39, 0.29) is 23.9 Å². The predicted molar refractivity (Wildman–Crippen MR) is 87.0 cm³/mol. The van der Waals surface area contributed by atoms with Gasteiger partial charge in [-0.3, -0.25) is 4.79 Å². The number of hydrogen-bond donors (Lipinski definition) is 0. The number of rotatable bonds is 4. The third-order valence-electron chi connectivity index (χ3n) is 4.47. The zero-order valence-electron chi connectivity index (χ0n) is 13.6. The number of aromatic nitrogens is 2. The molecular formula is C18H20FN3O2. The summed E-state index contributed by atoms with van der Waals surface area (Å²) in [5.74, 6) is -0.333. The average molecular weight is 329 g/mol. The van der Waals surface area contributed by atoms with E-state index in [4.69, 9.17) is 4.74 Å². The van der Waals surface area contributed by atoms with Crippen LogP contribution in [-0.2, 0) is 11.2 Å². The number of carbonyl (C=O) groups excluding carboxylic acids is 1. The molecule has 2 aromatic rings. The highest BCUT2D eigenvalue weighted by Crippen LogP contribution is 2.25. The standard InChI is InChI=1S/C18H20FN3O2/c1-24-17-3-2-10-22(18(23)14-8-9-20-21-12-14)16(17)11-13-4-6-15(19)7-5-13/h4-9,12,16-17H,2-3,10-11H2,1H3/t16-,17-/m0/s1. The third-order valence-corrected chi connectivity index (χ3v) is 4.47. The maximum atomic E-state index is 13.1. The monoisotopic (exact) mass is 329 g/mol. The van der Waals surface area contributed by atoms with Gasteiger partial charge in [0.05, 0.1) is 30.1 Å². The third kappa shape index (κ3) is 3.59. The summed E-state index contributed by atoms with van der Waals surface area (Å²) in [4.78, 5) is 14.7. The molecule has 5 nitrogen and oxygen atoms in total. The second-order valence-electron chi connectivity index (χ2n) is 5.94. The van der Waals surface area contributed by atoms with E-state index in [1.807, 2.05) is 4.90 Å². The van der Waals surface area contributed by atoms with Crippen LogP contribution in [0, 0.1) is 5.82 Å². The molecule has 1 saturated heterocycles. The number of piperidine rings is 1. The Balaban J connectivity index is 1.84. The van der Waals surface area contributed by atoms with Crippen LogP contribution in [0.3, 0.4) is 0 Å². The lowest BCUT2D eigenvalue weighted by atomic mass is 9.92. The number of carbonyl (C=O) groups is 1. The van der Waals surface area contributed by atoms with Gasteiger partial charge >= 0.3 is 0 Å². The first-order valence-corrected chi connectivity index (χ1v) is 8.04. The molecule has 2 heterocycles. The first-order valence-electron chi connectivity index (χ1n) is 8.04. The van der Waals surface area contributed by atoms with Crippen molar-refractivity contribution >= 4 is 5.91 Å². The van der Waals surface area contributed by atoms with Gasteiger partial charge < -0.3 is 9.64 Å². The topological polar surface area (TPSA) is 55.3 Å². The van der Waals surface area contributed by atoms with Gasteiger partial charge in [-0.1, -0.05) is 12.1 Å². The lowest BCUT2D eigenvalue weighted by Gasteiger charge is -2.40. The summed E-state index contributed by atoms with van der Waals surface area (Å²) in [7, 11) is 1.67. The van der Waals surface area contributed by atoms with E-state index >= 15 is 0 Å². The van der Waals surface area contributed by atoms with Gasteiger partial charge in [0, 0.05) is 13.7 Å². The molecule has 6 heteroatoms. The van der Waals surface area contributed by atoms with Crippen LogP contribution in [0.4, 0.5) is 4.39 Å². The zero-order chi connectivity index (χ0) is 16.9. The predicted octanol–water partition coefficient (Wildman–Crippen LogP) is 2.48. The molecule has 0 bridgehead atoms. The molecule has 126 valence electrons. The van der Waals surface area contributed by atoms with Crippen molar-refractivity contribution < 1.29 is 13.9 Å². The van der Waals surface area contributed by atoms with Crippen molar-refractivity contribution in [2.24, 2.45) is 0 Å². The summed E-state index contributed by atoms with van der Waals surface area (Å²) >= 11 is 0. The fourth-order valence-electron chi connectivity index (χ4n) is 3.24. The van der Waals surface area contributed by atoms with E-state index in [9.17, 15) is 9.18 Å². The number of benzene rings is 1. The molecule has 1 aliphatic heterocycles. The van der Waals surface area contributed by atoms with Crippen LogP contribution in [0.2, 0.25) is 0 Å². The minimum atomic E-state index is -0.263. The van der Waals surface area contributed by atoms with Crippen LogP contribution in [0.15, 0.2) is 42.7 Å². The minimum absolute atomic E-state index is 0.0393. The van der Waals surface area contributed by atoms with E-state index < -0.39 is 0 Å². The van der Waals surface area contributed by atoms with E-state index in [1.54, 1.807) is 25.3 Å². The molecule has 0 N–H and O–H groups in total. The Morgan fingerprint density at radius 3 is 2.75 bits per heavy atom. The largest absolute Gasteiger partial charge is 0.379 e. The van der Waals surface area contributed by atoms with E-state index in [0.717, 1.165) is 18.4 Å². The number of ether oxygens (including phenoxy) is 1. The fraction of sp³-hybridized carbons (Fsp3) is 0.389. The van der Waals surface area contributed by atoms with Crippen LogP contribution in [0.1, 0.15) is 28.8 Å². The second kappa shape index (κ2) is 7.49. The first-order chi connectivity index (χ1) is 11.7. The number of likely N-dealkylation sites (tertiary alicyclic amines) is 1. The van der Waals surface area contributed by atoms with Crippen molar-refractivity contribution in [1.82, 2.24) is 15.1 Å². The first kappa shape index (κ1) is 16.5. The van der Waals surface area contributed by atoms with Crippen molar-refractivity contribution in [3.05, 3.63) is 59.7 Å². The van der Waals surface area contributed by atoms with Gasteiger partial charge in [0.25, 0.3) is 5.91 Å². The Morgan fingerprint density at radius 1 is 1.29 bits per heavy atom. The molecule has 1 aromatic carbocycles. The second-order valence-corrected chi connectivity index (χ2v) is 5.94. The van der Waals surface area contributed by atoms with Gasteiger partial charge in [0.2, 0.25) is 0 Å². The van der Waals surface area contributed by atoms with E-state index in [0.29, 0.717) is 18.5 Å². The molecule has 0 spiro atoms. The summed E-state index contributed by atoms with van der Waals surface area (Å²) in [6, 6.07) is 7.98. The molecule has 0 radical (unpaired) electrons. The lowest BCUT2D eigenvalue weighted by molar-refractivity contribution is -0.0117. The van der Waals surface area contributed by atoms with Crippen LogP contribution >= 0.6 is 0 Å². The van der Waals surface area contributed by atoms with Gasteiger partial charge in [0.1, 0.15) is 5.82 Å². The maximum Gasteiger partial charge on any atom is 0.255 e. The molecule has 2 atom stereocenters. The number of hydrogen-bond acceptors (Lipinski definition) is 4. The maximum absolute atomic E-state index is 13.1. The van der Waals surface area contributed by atoms with Crippen molar-refractivity contribution in [1.29, 1.82) is 0 Å². The Bertz CT molecular complexity index is 678. The van der Waals surface area contributed by atoms with Crippen LogP contribution in [0.5, 0.6) is 0 Å². The van der Waals surface area contributed by atoms with Gasteiger partial charge in [-0.15, -0.1) is 0 Å². The van der Waals surface area contributed by atoms with Crippen molar-refractivity contribution in [2.45, 2.75) is 31.4 Å². The molecule has 0 unspecified atom stereocenters. The van der Waals surface area contributed by atoms with Crippen LogP contribution in [0.25, 0.3) is 0 Å². The van der Waals surface area contributed by atoms with E-state index in [1.165, 1.54) is 24.5 Å². The zero-order valence-corrected chi connectivity index (χ0v) is 13.6. The Hall–Kier alpha value is -2.34. The highest BCUT2D eigenvalue weighted by molar-refractivity contribution is 5.94. The van der Waals surface area contributed by atoms with Crippen molar-refractivity contribution in [2.75, 3.05) is 13.7 Å². The highest BCUT2D eigenvalue weighted by Gasteiger charge is 2.35. The number of amides is 1. The molecule has 3 rings (SSSR count). The molecule has 1 aromatic heterocycles. The van der Waals surface area contributed by atoms with Crippen LogP contribution in [-0.4, -0.2) is 46.8 Å². The summed E-state index contributed by atoms with van der Waals surface area (Å²) in [5.41, 5.74) is 1.50. The number of nitrogens with zero attached hydrogens (tertiary/aromatic N) is 3. The van der Waals surface area contributed by atoms with Crippen LogP contribution < -0.4 is 0 Å². The molecule has 0 aliphatic carbocycles.